The molecule has 2 rings (SSSR count). The van der Waals surface area contributed by atoms with Gasteiger partial charge in [-0.1, -0.05) is 91.8 Å². The summed E-state index contributed by atoms with van der Waals surface area (Å²) < 4.78 is 3.60. The van der Waals surface area contributed by atoms with Crippen LogP contribution in [-0.4, -0.2) is 59.8 Å². The first-order chi connectivity index (χ1) is 20.7. The number of hydrogen-bond acceptors (Lipinski definition) is 9. The molecule has 0 spiro atoms. The van der Waals surface area contributed by atoms with Gasteiger partial charge in [0.2, 0.25) is 0 Å². The monoisotopic (exact) mass is 658 g/mol. The van der Waals surface area contributed by atoms with Crippen molar-refractivity contribution in [2.45, 2.75) is 110 Å². The van der Waals surface area contributed by atoms with E-state index in [1.807, 2.05) is 12.1 Å². The van der Waals surface area contributed by atoms with Gasteiger partial charge < -0.3 is 40.0 Å². The summed E-state index contributed by atoms with van der Waals surface area (Å²) in [6.07, 6.45) is 3.77. The molecule has 0 radical (unpaired) electrons. The van der Waals surface area contributed by atoms with Crippen LogP contribution in [0.1, 0.15) is 138 Å². The molecule has 2 aromatic rings. The van der Waals surface area contributed by atoms with Gasteiger partial charge in [-0.3, -0.25) is 0 Å². The molecule has 0 fully saturated rings. The van der Waals surface area contributed by atoms with Crippen molar-refractivity contribution in [2.24, 2.45) is 5.41 Å². The highest BCUT2D eigenvalue weighted by Crippen LogP contribution is 2.50. The van der Waals surface area contributed by atoms with Crippen LogP contribution in [0.5, 0.6) is 0 Å². The lowest BCUT2D eigenvalue weighted by molar-refractivity contribution is -0.137. The summed E-state index contributed by atoms with van der Waals surface area (Å²) in [4.78, 5) is 31.3. The first-order valence-electron chi connectivity index (χ1n) is 15.5. The molecule has 4 unspecified atom stereocenters. The third-order valence-electron chi connectivity index (χ3n) is 9.40. The summed E-state index contributed by atoms with van der Waals surface area (Å²) in [6.45, 7) is 15.6. The van der Waals surface area contributed by atoms with Crippen LogP contribution in [0.3, 0.4) is 0 Å². The predicted octanol–water partition coefficient (Wildman–Crippen LogP) is 6.37. The van der Waals surface area contributed by atoms with E-state index < -0.39 is 48.0 Å². The molecule has 2 aromatic carbocycles. The van der Waals surface area contributed by atoms with Gasteiger partial charge in [-0.05, 0) is 82.7 Å². The molecule has 0 heterocycles. The highest BCUT2D eigenvalue weighted by molar-refractivity contribution is 7.53. The molecule has 0 aliphatic heterocycles. The summed E-state index contributed by atoms with van der Waals surface area (Å²) in [7, 11) is -5.22. The van der Waals surface area contributed by atoms with Crippen molar-refractivity contribution in [3.05, 3.63) is 69.8 Å². The maximum atomic E-state index is 13.0. The van der Waals surface area contributed by atoms with E-state index >= 15 is 0 Å². The summed E-state index contributed by atoms with van der Waals surface area (Å²) in [6, 6.07) is 12.5. The Morgan fingerprint density at radius 3 is 1.14 bits per heavy atom. The molecule has 0 aromatic heterocycles. The fourth-order valence-corrected chi connectivity index (χ4v) is 5.96. The van der Waals surface area contributed by atoms with Crippen molar-refractivity contribution in [2.75, 3.05) is 19.8 Å². The van der Waals surface area contributed by atoms with E-state index in [0.717, 1.165) is 36.8 Å². The van der Waals surface area contributed by atoms with Crippen LogP contribution in [0.15, 0.2) is 36.4 Å². The Balaban J connectivity index is 0.00000123. The number of benzene rings is 2. The van der Waals surface area contributed by atoms with Gasteiger partial charge in [0.15, 0.2) is 0 Å². The molecule has 0 bridgehead atoms. The lowest BCUT2D eigenvalue weighted by atomic mass is 9.62. The Hall–Kier alpha value is -1.06. The van der Waals surface area contributed by atoms with Crippen LogP contribution >= 0.6 is 17.2 Å². The largest absolute Gasteiger partial charge is 0.395 e. The third-order valence-corrected chi connectivity index (χ3v) is 10.6. The van der Waals surface area contributed by atoms with Crippen molar-refractivity contribution >= 4 is 17.2 Å². The number of aliphatic hydroxyl groups excluding tert-OH is 3. The van der Waals surface area contributed by atoms with Crippen LogP contribution < -0.4 is 0 Å². The Kier molecular flexibility index (Phi) is 17.6. The van der Waals surface area contributed by atoms with Gasteiger partial charge in [-0.15, -0.1) is 0 Å². The molecular formula is C33H56O9P2. The zero-order chi connectivity index (χ0) is 33.8. The van der Waals surface area contributed by atoms with Gasteiger partial charge in [0.25, 0.3) is 0 Å². The fourth-order valence-electron chi connectivity index (χ4n) is 5.44. The molecule has 9 nitrogen and oxygen atoms in total. The third kappa shape index (κ3) is 9.49. The summed E-state index contributed by atoms with van der Waals surface area (Å²) in [5.74, 6) is 1.03. The summed E-state index contributed by atoms with van der Waals surface area (Å²) in [5.41, 5.74) is 2.37. The Morgan fingerprint density at radius 1 is 0.591 bits per heavy atom. The van der Waals surface area contributed by atoms with Gasteiger partial charge in [0, 0.05) is 0 Å². The first kappa shape index (κ1) is 41.0. The van der Waals surface area contributed by atoms with Crippen molar-refractivity contribution in [3.8, 4) is 0 Å². The standard InChI is InChI=1S/C33H52O4.H4O5P2/c1-9-22(5)26-13-15-30(28(17-26)24(7)11-3)33(37,32(19-34,20-35)21-36)31-16-14-27(23(6)10-2)18-29(31)25(8)12-4;1-6(2)5-7(3)4/h13-18,22-25,34-37H,9-12,19-21H2,1-8H3;1-4H. The van der Waals surface area contributed by atoms with Crippen molar-refractivity contribution in [1.82, 2.24) is 0 Å². The van der Waals surface area contributed by atoms with Crippen LogP contribution in [0.2, 0.25) is 0 Å². The zero-order valence-electron chi connectivity index (χ0n) is 27.6. The van der Waals surface area contributed by atoms with Gasteiger partial charge >= 0.3 is 17.2 Å². The molecule has 8 N–H and O–H groups in total. The minimum atomic E-state index is -2.61. The molecule has 0 saturated heterocycles. The van der Waals surface area contributed by atoms with Crippen LogP contribution in [-0.2, 0) is 9.91 Å². The van der Waals surface area contributed by atoms with Gasteiger partial charge in [0.1, 0.15) is 5.60 Å². The van der Waals surface area contributed by atoms with E-state index in [4.69, 9.17) is 19.6 Å². The second kappa shape index (κ2) is 18.9. The summed E-state index contributed by atoms with van der Waals surface area (Å²) in [5, 5.41) is 45.1. The van der Waals surface area contributed by atoms with Gasteiger partial charge in [0.05, 0.1) is 25.2 Å². The number of aliphatic hydroxyl groups is 4. The van der Waals surface area contributed by atoms with Gasteiger partial charge in [-0.2, -0.15) is 0 Å². The first-order valence-corrected chi connectivity index (χ1v) is 17.9. The van der Waals surface area contributed by atoms with E-state index in [1.54, 1.807) is 0 Å². The van der Waals surface area contributed by atoms with E-state index in [2.05, 4.69) is 84.0 Å². The zero-order valence-corrected chi connectivity index (χ0v) is 29.4. The molecular weight excluding hydrogens is 602 g/mol. The summed E-state index contributed by atoms with van der Waals surface area (Å²) >= 11 is 0. The molecule has 0 saturated carbocycles. The maximum Gasteiger partial charge on any atom is 0.334 e. The van der Waals surface area contributed by atoms with E-state index in [-0.39, 0.29) is 11.8 Å². The molecule has 0 aliphatic rings. The van der Waals surface area contributed by atoms with E-state index in [1.165, 1.54) is 11.1 Å². The Bertz CT molecular complexity index is 1040. The van der Waals surface area contributed by atoms with Crippen molar-refractivity contribution < 1.29 is 44.3 Å². The average molecular weight is 659 g/mol. The lowest BCUT2D eigenvalue weighted by Gasteiger charge is -2.47. The van der Waals surface area contributed by atoms with Crippen LogP contribution in [0.4, 0.5) is 0 Å². The Morgan fingerprint density at radius 2 is 0.909 bits per heavy atom. The molecule has 44 heavy (non-hydrogen) atoms. The predicted molar refractivity (Wildman–Crippen MR) is 178 cm³/mol. The minimum Gasteiger partial charge on any atom is -0.395 e. The second-order valence-corrected chi connectivity index (χ2v) is 13.6. The Labute approximate surface area is 266 Å². The average Bonchev–Trinajstić information content (AvgIpc) is 3.03. The second-order valence-electron chi connectivity index (χ2n) is 12.0. The van der Waals surface area contributed by atoms with Crippen molar-refractivity contribution in [1.29, 1.82) is 0 Å². The van der Waals surface area contributed by atoms with Crippen molar-refractivity contribution in [3.63, 3.8) is 0 Å². The highest BCUT2D eigenvalue weighted by atomic mass is 31.2. The van der Waals surface area contributed by atoms with E-state index in [9.17, 15) is 20.4 Å². The van der Waals surface area contributed by atoms with Crippen LogP contribution in [0, 0.1) is 5.41 Å². The van der Waals surface area contributed by atoms with E-state index in [0.29, 0.717) is 23.0 Å². The smallest absolute Gasteiger partial charge is 0.334 e. The van der Waals surface area contributed by atoms with Crippen LogP contribution in [0.25, 0.3) is 0 Å². The number of rotatable bonds is 16. The molecule has 252 valence electrons. The highest BCUT2D eigenvalue weighted by Gasteiger charge is 2.54. The SMILES string of the molecule is CCC(C)c1ccc(C(O)(c2ccc(C(C)CC)cc2C(C)CC)C(CO)(CO)CO)c(C(C)CC)c1.OP(O)OP(O)O. The maximum absolute atomic E-state index is 13.0. The molecule has 4 atom stereocenters. The quantitative estimate of drug-likeness (QED) is 0.0955. The van der Waals surface area contributed by atoms with Gasteiger partial charge in [-0.25, -0.2) is 4.31 Å². The normalized spacial score (nSPS) is 16.2. The molecule has 0 aliphatic carbocycles. The minimum absolute atomic E-state index is 0.144. The topological polar surface area (TPSA) is 171 Å². The lowest BCUT2D eigenvalue weighted by Crippen LogP contribution is -2.55. The molecule has 0 amide bonds. The molecule has 11 heteroatoms. The number of hydrogen-bond donors (Lipinski definition) is 8. The fraction of sp³-hybridized carbons (Fsp3) is 0.636.